The van der Waals surface area contributed by atoms with Crippen LogP contribution in [0.1, 0.15) is 104 Å². The number of quaternary nitrogens is 1. The van der Waals surface area contributed by atoms with Crippen LogP contribution in [0, 0.1) is 0 Å². The van der Waals surface area contributed by atoms with Gasteiger partial charge in [0.25, 0.3) is 7.82 Å². The number of carbonyl (C=O) groups is 1. The van der Waals surface area contributed by atoms with E-state index >= 15 is 0 Å². The van der Waals surface area contributed by atoms with Gasteiger partial charge in [-0.15, -0.1) is 0 Å². The summed E-state index contributed by atoms with van der Waals surface area (Å²) in [7, 11) is 1.25. The van der Waals surface area contributed by atoms with Crippen molar-refractivity contribution in [3.05, 3.63) is 12.2 Å². The van der Waals surface area contributed by atoms with Crippen LogP contribution < -0.4 is 10.2 Å². The summed E-state index contributed by atoms with van der Waals surface area (Å²) in [6, 6.07) is -0.873. The van der Waals surface area contributed by atoms with Crippen molar-refractivity contribution in [3.63, 3.8) is 0 Å². The topological polar surface area (TPSA) is 108 Å². The molecule has 0 radical (unpaired) electrons. The molecule has 0 fully saturated rings. The summed E-state index contributed by atoms with van der Waals surface area (Å²) >= 11 is 0. The van der Waals surface area contributed by atoms with Crippen molar-refractivity contribution in [2.75, 3.05) is 40.9 Å². The zero-order valence-electron chi connectivity index (χ0n) is 23.7. The maximum atomic E-state index is 12.2. The van der Waals surface area contributed by atoms with Gasteiger partial charge in [0.1, 0.15) is 13.2 Å². The maximum Gasteiger partial charge on any atom is 0.268 e. The number of nitrogens with zero attached hydrogens (tertiary/aromatic N) is 1. The van der Waals surface area contributed by atoms with Crippen molar-refractivity contribution in [1.29, 1.82) is 0 Å². The summed E-state index contributed by atoms with van der Waals surface area (Å²) in [4.78, 5) is 24.4. The molecule has 214 valence electrons. The van der Waals surface area contributed by atoms with E-state index in [0.717, 1.165) is 32.1 Å². The fourth-order valence-electron chi connectivity index (χ4n) is 3.60. The first kappa shape index (κ1) is 35.2. The van der Waals surface area contributed by atoms with Gasteiger partial charge in [-0.05, 0) is 19.3 Å². The molecule has 3 atom stereocenters. The molecule has 0 aliphatic heterocycles. The highest BCUT2D eigenvalue weighted by Crippen LogP contribution is 2.38. The molecule has 1 amide bonds. The van der Waals surface area contributed by atoms with E-state index in [9.17, 15) is 19.4 Å². The average molecular weight is 535 g/mol. The number of phosphoric ester groups is 1. The van der Waals surface area contributed by atoms with Gasteiger partial charge >= 0.3 is 0 Å². The molecule has 0 saturated heterocycles. The Kier molecular flexibility index (Phi) is 20.8. The van der Waals surface area contributed by atoms with Gasteiger partial charge in [-0.1, -0.05) is 90.2 Å². The number of rotatable bonds is 24. The van der Waals surface area contributed by atoms with Crippen LogP contribution in [-0.4, -0.2) is 68.5 Å². The van der Waals surface area contributed by atoms with Crippen LogP contribution >= 0.6 is 7.82 Å². The summed E-state index contributed by atoms with van der Waals surface area (Å²) in [6.45, 7) is 4.34. The monoisotopic (exact) mass is 534 g/mol. The number of hydrogen-bond donors (Lipinski definition) is 2. The number of carbonyl (C=O) groups excluding carboxylic acids is 1. The van der Waals surface area contributed by atoms with Crippen LogP contribution in [0.25, 0.3) is 0 Å². The second-order valence-electron chi connectivity index (χ2n) is 10.8. The van der Waals surface area contributed by atoms with Gasteiger partial charge < -0.3 is 28.8 Å². The van der Waals surface area contributed by atoms with Crippen LogP contribution in [0.15, 0.2) is 12.2 Å². The molecule has 3 unspecified atom stereocenters. The Balaban J connectivity index is 4.49. The average Bonchev–Trinajstić information content (AvgIpc) is 2.79. The molecule has 0 aromatic heterocycles. The molecule has 0 spiro atoms. The van der Waals surface area contributed by atoms with Gasteiger partial charge in [-0.3, -0.25) is 9.36 Å². The third-order valence-corrected chi connectivity index (χ3v) is 6.96. The van der Waals surface area contributed by atoms with Crippen molar-refractivity contribution in [2.45, 2.75) is 116 Å². The standard InChI is InChI=1S/C27H55N2O6P/c1-6-8-10-11-12-13-14-15-16-17-18-19-20-26(30)25(28-27(31)21-9-7-2)24-35-36(32,33)34-23-22-29(3,4)5/h19-20,25-26,30H,6-18,21-24H2,1-5H3,(H-,28,31,32,33)/b20-19+. The molecule has 0 aromatic carbocycles. The summed E-state index contributed by atoms with van der Waals surface area (Å²) in [6.07, 6.45) is 17.9. The van der Waals surface area contributed by atoms with Crippen molar-refractivity contribution in [1.82, 2.24) is 5.32 Å². The first-order chi connectivity index (χ1) is 17.0. The van der Waals surface area contributed by atoms with Gasteiger partial charge in [0.2, 0.25) is 5.91 Å². The molecule has 0 bridgehead atoms. The lowest BCUT2D eigenvalue weighted by Crippen LogP contribution is -2.45. The first-order valence-corrected chi connectivity index (χ1v) is 15.5. The first-order valence-electron chi connectivity index (χ1n) is 14.1. The molecule has 8 nitrogen and oxygen atoms in total. The Labute approximate surface area is 221 Å². The molecule has 0 rings (SSSR count). The Bertz CT molecular complexity index is 624. The van der Waals surface area contributed by atoms with E-state index in [4.69, 9.17) is 9.05 Å². The van der Waals surface area contributed by atoms with Crippen molar-refractivity contribution in [3.8, 4) is 0 Å². The molecule has 0 aromatic rings. The van der Waals surface area contributed by atoms with Gasteiger partial charge in [-0.25, -0.2) is 0 Å². The minimum Gasteiger partial charge on any atom is -0.756 e. The van der Waals surface area contributed by atoms with E-state index in [1.165, 1.54) is 51.4 Å². The lowest BCUT2D eigenvalue weighted by molar-refractivity contribution is -0.870. The fourth-order valence-corrected chi connectivity index (χ4v) is 4.32. The van der Waals surface area contributed by atoms with Gasteiger partial charge in [0, 0.05) is 6.42 Å². The predicted molar refractivity (Wildman–Crippen MR) is 145 cm³/mol. The van der Waals surface area contributed by atoms with Crippen LogP contribution in [0.2, 0.25) is 0 Å². The Morgan fingerprint density at radius 3 is 2.06 bits per heavy atom. The number of phosphoric acid groups is 1. The van der Waals surface area contributed by atoms with Crippen molar-refractivity contribution >= 4 is 13.7 Å². The quantitative estimate of drug-likeness (QED) is 0.0772. The normalized spacial score (nSPS) is 15.6. The van der Waals surface area contributed by atoms with Crippen LogP contribution in [0.4, 0.5) is 0 Å². The number of nitrogens with one attached hydrogen (secondary N) is 1. The van der Waals surface area contributed by atoms with E-state index in [2.05, 4.69) is 12.2 Å². The summed E-state index contributed by atoms with van der Waals surface area (Å²) < 4.78 is 22.6. The molecule has 2 N–H and O–H groups in total. The van der Waals surface area contributed by atoms with Crippen molar-refractivity contribution in [2.24, 2.45) is 0 Å². The van der Waals surface area contributed by atoms with Crippen LogP contribution in [0.3, 0.4) is 0 Å². The Morgan fingerprint density at radius 1 is 0.944 bits per heavy atom. The van der Waals surface area contributed by atoms with Gasteiger partial charge in [-0.2, -0.15) is 0 Å². The second-order valence-corrected chi connectivity index (χ2v) is 12.2. The fraction of sp³-hybridized carbons (Fsp3) is 0.889. The molecule has 0 aliphatic rings. The SMILES string of the molecule is CCCCCCCCCCCC/C=C/C(O)C(COP(=O)([O-])OCC[N+](C)(C)C)NC(=O)CCCC. The van der Waals surface area contributed by atoms with E-state index in [1.807, 2.05) is 34.1 Å². The smallest absolute Gasteiger partial charge is 0.268 e. The van der Waals surface area contributed by atoms with Crippen molar-refractivity contribution < 1.29 is 32.9 Å². The second kappa shape index (κ2) is 21.2. The third kappa shape index (κ3) is 22.4. The molecule has 36 heavy (non-hydrogen) atoms. The number of allylic oxidation sites excluding steroid dienone is 1. The number of aliphatic hydroxyl groups is 1. The highest BCUT2D eigenvalue weighted by molar-refractivity contribution is 7.45. The number of amides is 1. The molecular formula is C27H55N2O6P. The predicted octanol–water partition coefficient (Wildman–Crippen LogP) is 5.10. The minimum atomic E-state index is -4.54. The molecule has 0 aliphatic carbocycles. The third-order valence-electron chi connectivity index (χ3n) is 6.00. The highest BCUT2D eigenvalue weighted by atomic mass is 31.2. The lowest BCUT2D eigenvalue weighted by Gasteiger charge is -2.29. The van der Waals surface area contributed by atoms with Gasteiger partial charge in [0.05, 0.1) is 39.9 Å². The number of aliphatic hydroxyl groups excluding tert-OH is 1. The molecule has 0 heterocycles. The van der Waals surface area contributed by atoms with E-state index in [-0.39, 0.29) is 19.1 Å². The summed E-state index contributed by atoms with van der Waals surface area (Å²) in [5.41, 5.74) is 0. The van der Waals surface area contributed by atoms with Crippen LogP contribution in [0.5, 0.6) is 0 Å². The zero-order chi connectivity index (χ0) is 27.3. The molecule has 0 saturated carbocycles. The summed E-state index contributed by atoms with van der Waals surface area (Å²) in [5, 5.41) is 13.3. The van der Waals surface area contributed by atoms with Gasteiger partial charge in [0.15, 0.2) is 0 Å². The maximum absolute atomic E-state index is 12.2. The van der Waals surface area contributed by atoms with E-state index < -0.39 is 20.0 Å². The van der Waals surface area contributed by atoms with E-state index in [0.29, 0.717) is 17.4 Å². The number of hydrogen-bond acceptors (Lipinski definition) is 6. The van der Waals surface area contributed by atoms with Crippen LogP contribution in [-0.2, 0) is 18.4 Å². The Morgan fingerprint density at radius 2 is 1.50 bits per heavy atom. The molecular weight excluding hydrogens is 479 g/mol. The highest BCUT2D eigenvalue weighted by Gasteiger charge is 2.23. The number of likely N-dealkylation sites (N-methyl/N-ethyl adjacent to an activating group) is 1. The largest absolute Gasteiger partial charge is 0.756 e. The molecule has 9 heteroatoms. The lowest BCUT2D eigenvalue weighted by atomic mass is 10.1. The van der Waals surface area contributed by atoms with E-state index in [1.54, 1.807) is 6.08 Å². The minimum absolute atomic E-state index is 0.000876. The number of unbranched alkanes of at least 4 members (excludes halogenated alkanes) is 11. The summed E-state index contributed by atoms with van der Waals surface area (Å²) in [5.74, 6) is -0.237. The Hall–Kier alpha value is -0.760. The zero-order valence-corrected chi connectivity index (χ0v) is 24.6.